The third-order valence-corrected chi connectivity index (χ3v) is 2.37. The van der Waals surface area contributed by atoms with Crippen molar-refractivity contribution in [3.8, 4) is 0 Å². The minimum absolute atomic E-state index is 0.574. The Hall–Kier alpha value is -1.55. The molecule has 0 amide bonds. The molecule has 1 N–H and O–H groups in total. The van der Waals surface area contributed by atoms with Crippen LogP contribution in [0.4, 0.5) is 5.82 Å². The second kappa shape index (κ2) is 5.68. The highest BCUT2D eigenvalue weighted by Gasteiger charge is 2.03. The van der Waals surface area contributed by atoms with Crippen molar-refractivity contribution in [1.82, 2.24) is 4.98 Å². The van der Waals surface area contributed by atoms with Gasteiger partial charge in [-0.05, 0) is 18.1 Å². The number of aromatic nitrogens is 1. The molecule has 2 heterocycles. The summed E-state index contributed by atoms with van der Waals surface area (Å²) in [5, 5.41) is 4.26. The van der Waals surface area contributed by atoms with E-state index < -0.39 is 0 Å². The lowest BCUT2D eigenvalue weighted by molar-refractivity contribution is 0.118. The van der Waals surface area contributed by atoms with E-state index in [2.05, 4.69) is 24.1 Å². The molecule has 0 aliphatic carbocycles. The molecule has 0 spiro atoms. The molecule has 0 aromatic carbocycles. The maximum absolute atomic E-state index is 5.50. The Bertz CT molecular complexity index is 465. The summed E-state index contributed by atoms with van der Waals surface area (Å²) in [6, 6.07) is 3.77. The Balaban J connectivity index is 1.84. The van der Waals surface area contributed by atoms with E-state index in [1.807, 2.05) is 12.1 Å². The van der Waals surface area contributed by atoms with E-state index in [-0.39, 0.29) is 0 Å². The van der Waals surface area contributed by atoms with Crippen molar-refractivity contribution in [3.63, 3.8) is 0 Å². The molecule has 0 fully saturated rings. The second-order valence-electron chi connectivity index (χ2n) is 4.39. The summed E-state index contributed by atoms with van der Waals surface area (Å²) in [5.41, 5.74) is 0.852. The molecule has 2 aromatic heterocycles. The van der Waals surface area contributed by atoms with E-state index >= 15 is 0 Å². The maximum atomic E-state index is 5.50. The first-order valence-electron chi connectivity index (χ1n) is 5.91. The molecule has 17 heavy (non-hydrogen) atoms. The van der Waals surface area contributed by atoms with Crippen molar-refractivity contribution in [1.29, 1.82) is 0 Å². The van der Waals surface area contributed by atoms with E-state index in [0.29, 0.717) is 12.5 Å². The fourth-order valence-electron chi connectivity index (χ4n) is 1.60. The van der Waals surface area contributed by atoms with Crippen LogP contribution in [0.15, 0.2) is 29.0 Å². The summed E-state index contributed by atoms with van der Waals surface area (Å²) in [5.74, 6) is 1.43. The quantitative estimate of drug-likeness (QED) is 0.781. The van der Waals surface area contributed by atoms with Gasteiger partial charge in [0.05, 0.1) is 18.3 Å². The first-order valence-corrected chi connectivity index (χ1v) is 5.91. The van der Waals surface area contributed by atoms with Crippen molar-refractivity contribution in [2.45, 2.75) is 13.8 Å². The molecule has 0 aliphatic heterocycles. The number of ether oxygens (including phenoxy) is 1. The van der Waals surface area contributed by atoms with Crippen LogP contribution in [-0.4, -0.2) is 24.7 Å². The van der Waals surface area contributed by atoms with Crippen LogP contribution >= 0.6 is 0 Å². The number of nitrogens with zero attached hydrogens (tertiary/aromatic N) is 1. The van der Waals surface area contributed by atoms with Gasteiger partial charge >= 0.3 is 0 Å². The molecule has 0 radical (unpaired) electrons. The van der Waals surface area contributed by atoms with Gasteiger partial charge in [-0.2, -0.15) is 0 Å². The zero-order valence-electron chi connectivity index (χ0n) is 10.3. The maximum Gasteiger partial charge on any atom is 0.139 e. The van der Waals surface area contributed by atoms with Gasteiger partial charge in [-0.25, -0.2) is 4.98 Å². The van der Waals surface area contributed by atoms with Crippen molar-refractivity contribution in [3.05, 3.63) is 24.6 Å². The Morgan fingerprint density at radius 3 is 3.12 bits per heavy atom. The van der Waals surface area contributed by atoms with Gasteiger partial charge in [0.15, 0.2) is 0 Å². The predicted octanol–water partition coefficient (Wildman–Crippen LogP) is 2.91. The molecule has 2 rings (SSSR count). The van der Waals surface area contributed by atoms with E-state index in [1.54, 1.807) is 12.5 Å². The number of hydrogen-bond donors (Lipinski definition) is 1. The second-order valence-corrected chi connectivity index (χ2v) is 4.39. The molecule has 4 heteroatoms. The third-order valence-electron chi connectivity index (χ3n) is 2.37. The lowest BCUT2D eigenvalue weighted by atomic mass is 10.2. The SMILES string of the molecule is CC(C)COCCNc1nccc2occc12. The Labute approximate surface area is 101 Å². The average molecular weight is 234 g/mol. The van der Waals surface area contributed by atoms with Gasteiger partial charge in [0, 0.05) is 19.3 Å². The lowest BCUT2D eigenvalue weighted by Gasteiger charge is -2.08. The number of rotatable bonds is 6. The third kappa shape index (κ3) is 3.20. The fourth-order valence-corrected chi connectivity index (χ4v) is 1.60. The molecule has 0 aliphatic rings. The summed E-state index contributed by atoms with van der Waals surface area (Å²) < 4.78 is 10.8. The Kier molecular flexibility index (Phi) is 3.98. The van der Waals surface area contributed by atoms with Gasteiger partial charge < -0.3 is 14.5 Å². The number of fused-ring (bicyclic) bond motifs is 1. The van der Waals surface area contributed by atoms with Gasteiger partial charge in [-0.15, -0.1) is 0 Å². The number of hydrogen-bond acceptors (Lipinski definition) is 4. The standard InChI is InChI=1S/C13H18N2O2/c1-10(2)9-16-8-6-15-13-11-4-7-17-12(11)3-5-14-13/h3-5,7,10H,6,8-9H2,1-2H3,(H,14,15). The summed E-state index contributed by atoms with van der Waals surface area (Å²) in [7, 11) is 0. The molecule has 0 saturated heterocycles. The normalized spacial score (nSPS) is 11.2. The van der Waals surface area contributed by atoms with Crippen LogP contribution in [0.2, 0.25) is 0 Å². The van der Waals surface area contributed by atoms with Crippen molar-refractivity contribution >= 4 is 16.8 Å². The van der Waals surface area contributed by atoms with E-state index in [1.165, 1.54) is 0 Å². The van der Waals surface area contributed by atoms with Crippen molar-refractivity contribution in [2.24, 2.45) is 5.92 Å². The first kappa shape index (κ1) is 11.9. The number of pyridine rings is 1. The molecule has 0 bridgehead atoms. The van der Waals surface area contributed by atoms with Gasteiger partial charge in [0.2, 0.25) is 0 Å². The topological polar surface area (TPSA) is 47.3 Å². The minimum atomic E-state index is 0.574. The molecular weight excluding hydrogens is 216 g/mol. The van der Waals surface area contributed by atoms with E-state index in [0.717, 1.165) is 29.9 Å². The largest absolute Gasteiger partial charge is 0.464 e. The molecular formula is C13H18N2O2. The average Bonchev–Trinajstić information content (AvgIpc) is 2.77. The van der Waals surface area contributed by atoms with Crippen LogP contribution in [0.3, 0.4) is 0 Å². The van der Waals surface area contributed by atoms with Gasteiger partial charge in [0.25, 0.3) is 0 Å². The molecule has 2 aromatic rings. The summed E-state index contributed by atoms with van der Waals surface area (Å²) in [4.78, 5) is 4.29. The highest BCUT2D eigenvalue weighted by atomic mass is 16.5. The van der Waals surface area contributed by atoms with Crippen LogP contribution < -0.4 is 5.32 Å². The number of anilines is 1. The first-order chi connectivity index (χ1) is 8.27. The Morgan fingerprint density at radius 1 is 1.41 bits per heavy atom. The smallest absolute Gasteiger partial charge is 0.139 e. The molecule has 0 unspecified atom stereocenters. The highest BCUT2D eigenvalue weighted by Crippen LogP contribution is 2.21. The predicted molar refractivity (Wildman–Crippen MR) is 68.2 cm³/mol. The summed E-state index contributed by atoms with van der Waals surface area (Å²) in [6.07, 6.45) is 3.41. The zero-order chi connectivity index (χ0) is 12.1. The molecule has 0 saturated carbocycles. The number of furan rings is 1. The highest BCUT2D eigenvalue weighted by molar-refractivity contribution is 5.87. The van der Waals surface area contributed by atoms with E-state index in [4.69, 9.17) is 9.15 Å². The summed E-state index contributed by atoms with van der Waals surface area (Å²) in [6.45, 7) is 6.52. The van der Waals surface area contributed by atoms with Crippen LogP contribution in [-0.2, 0) is 4.74 Å². The van der Waals surface area contributed by atoms with Crippen LogP contribution in [0.25, 0.3) is 11.0 Å². The zero-order valence-corrected chi connectivity index (χ0v) is 10.3. The van der Waals surface area contributed by atoms with Crippen LogP contribution in [0.5, 0.6) is 0 Å². The van der Waals surface area contributed by atoms with Gasteiger partial charge in [-0.3, -0.25) is 0 Å². The van der Waals surface area contributed by atoms with Crippen molar-refractivity contribution in [2.75, 3.05) is 25.1 Å². The van der Waals surface area contributed by atoms with Crippen LogP contribution in [0.1, 0.15) is 13.8 Å². The molecule has 92 valence electrons. The number of nitrogens with one attached hydrogen (secondary N) is 1. The van der Waals surface area contributed by atoms with Crippen LogP contribution in [0, 0.1) is 5.92 Å². The van der Waals surface area contributed by atoms with E-state index in [9.17, 15) is 0 Å². The minimum Gasteiger partial charge on any atom is -0.464 e. The lowest BCUT2D eigenvalue weighted by Crippen LogP contribution is -2.12. The van der Waals surface area contributed by atoms with Crippen molar-refractivity contribution < 1.29 is 9.15 Å². The molecule has 0 atom stereocenters. The summed E-state index contributed by atoms with van der Waals surface area (Å²) >= 11 is 0. The van der Waals surface area contributed by atoms with Gasteiger partial charge in [-0.1, -0.05) is 13.8 Å². The van der Waals surface area contributed by atoms with Gasteiger partial charge in [0.1, 0.15) is 11.4 Å². The molecule has 4 nitrogen and oxygen atoms in total. The monoisotopic (exact) mass is 234 g/mol. The Morgan fingerprint density at radius 2 is 2.29 bits per heavy atom. The fraction of sp³-hybridized carbons (Fsp3) is 0.462.